The predicted octanol–water partition coefficient (Wildman–Crippen LogP) is 3.70. The van der Waals surface area contributed by atoms with Gasteiger partial charge >= 0.3 is 0 Å². The fraction of sp³-hybridized carbons (Fsp3) is 0.412. The number of nitrogens with zero attached hydrogens (tertiary/aromatic N) is 1. The zero-order chi connectivity index (χ0) is 15.2. The number of anilines is 1. The van der Waals surface area contributed by atoms with E-state index in [-0.39, 0.29) is 40.9 Å². The first-order chi connectivity index (χ1) is 10.5. The molecule has 5 rings (SSSR count). The molecule has 4 aliphatic rings. The number of carbonyl (C=O) groups is 2. The highest BCUT2D eigenvalue weighted by Gasteiger charge is 2.73. The summed E-state index contributed by atoms with van der Waals surface area (Å²) in [7, 11) is 0. The van der Waals surface area contributed by atoms with Crippen molar-refractivity contribution >= 4 is 40.7 Å². The molecule has 2 saturated carbocycles. The van der Waals surface area contributed by atoms with E-state index in [0.717, 1.165) is 12.8 Å². The number of carbonyl (C=O) groups excluding carboxylic acids is 2. The van der Waals surface area contributed by atoms with Gasteiger partial charge in [0.25, 0.3) is 0 Å². The van der Waals surface area contributed by atoms with Gasteiger partial charge in [0.05, 0.1) is 22.5 Å². The van der Waals surface area contributed by atoms with Crippen molar-refractivity contribution in [2.45, 2.75) is 12.8 Å². The molecule has 0 radical (unpaired) electrons. The van der Waals surface area contributed by atoms with E-state index in [4.69, 9.17) is 23.2 Å². The SMILES string of the molecule is O=C1C2C(C(=O)N1c1cc(Cl)ccc1Cl)C1C=CC2C12CC2. The molecule has 22 heavy (non-hydrogen) atoms. The van der Waals surface area contributed by atoms with Gasteiger partial charge in [0.15, 0.2) is 0 Å². The van der Waals surface area contributed by atoms with Crippen LogP contribution < -0.4 is 4.90 Å². The molecule has 2 bridgehead atoms. The summed E-state index contributed by atoms with van der Waals surface area (Å²) in [6.07, 6.45) is 6.60. The lowest BCUT2D eigenvalue weighted by molar-refractivity contribution is -0.123. The van der Waals surface area contributed by atoms with Crippen LogP contribution in [0.15, 0.2) is 30.4 Å². The smallest absolute Gasteiger partial charge is 0.238 e. The Bertz CT molecular complexity index is 734. The molecule has 4 unspecified atom stereocenters. The second kappa shape index (κ2) is 3.95. The van der Waals surface area contributed by atoms with Gasteiger partial charge in [0.1, 0.15) is 0 Å². The number of allylic oxidation sites excluding steroid dienone is 2. The standard InChI is InChI=1S/C17H13Cl2NO2/c18-8-1-4-11(19)12(7-8)20-15(21)13-9-2-3-10(14(13)16(20)22)17(9)5-6-17/h1-4,7,9-10,13-14H,5-6H2. The number of amides is 2. The zero-order valence-corrected chi connectivity index (χ0v) is 13.1. The molecule has 1 aromatic carbocycles. The van der Waals surface area contributed by atoms with Crippen molar-refractivity contribution in [2.24, 2.45) is 29.1 Å². The van der Waals surface area contributed by atoms with Crippen molar-refractivity contribution in [1.82, 2.24) is 0 Å². The van der Waals surface area contributed by atoms with Crippen LogP contribution in [-0.4, -0.2) is 11.8 Å². The van der Waals surface area contributed by atoms with E-state index in [1.807, 2.05) is 0 Å². The number of hydrogen-bond acceptors (Lipinski definition) is 2. The first-order valence-corrected chi connectivity index (χ1v) is 8.31. The summed E-state index contributed by atoms with van der Waals surface area (Å²) in [4.78, 5) is 27.1. The minimum Gasteiger partial charge on any atom is -0.274 e. The lowest BCUT2D eigenvalue weighted by Crippen LogP contribution is -2.34. The highest BCUT2D eigenvalue weighted by atomic mass is 35.5. The normalized spacial score (nSPS) is 36.5. The molecule has 2 amide bonds. The predicted molar refractivity (Wildman–Crippen MR) is 83.7 cm³/mol. The third-order valence-electron chi connectivity index (χ3n) is 6.00. The van der Waals surface area contributed by atoms with Crippen molar-refractivity contribution in [3.05, 3.63) is 40.4 Å². The second-order valence-electron chi connectivity index (χ2n) is 6.83. The molecule has 1 heterocycles. The highest BCUT2D eigenvalue weighted by molar-refractivity contribution is 6.37. The maximum Gasteiger partial charge on any atom is 0.238 e. The molecule has 1 saturated heterocycles. The van der Waals surface area contributed by atoms with E-state index in [9.17, 15) is 9.59 Å². The summed E-state index contributed by atoms with van der Waals surface area (Å²) in [5.41, 5.74) is 0.632. The Kier molecular flexibility index (Phi) is 2.36. The Labute approximate surface area is 137 Å². The fourth-order valence-electron chi connectivity index (χ4n) is 4.97. The Hall–Kier alpha value is -1.32. The Morgan fingerprint density at radius 3 is 2.14 bits per heavy atom. The van der Waals surface area contributed by atoms with E-state index < -0.39 is 0 Å². The van der Waals surface area contributed by atoms with E-state index in [0.29, 0.717) is 15.7 Å². The van der Waals surface area contributed by atoms with E-state index in [1.165, 1.54) is 4.90 Å². The van der Waals surface area contributed by atoms with E-state index >= 15 is 0 Å². The minimum absolute atomic E-state index is 0.109. The summed E-state index contributed by atoms with van der Waals surface area (Å²) in [5, 5.41) is 0.851. The first-order valence-electron chi connectivity index (χ1n) is 7.56. The van der Waals surface area contributed by atoms with Gasteiger partial charge in [-0.05, 0) is 48.3 Å². The molecule has 1 spiro atoms. The minimum atomic E-state index is -0.208. The van der Waals surface area contributed by atoms with Crippen LogP contribution in [0, 0.1) is 29.1 Å². The van der Waals surface area contributed by atoms with E-state index in [1.54, 1.807) is 18.2 Å². The van der Waals surface area contributed by atoms with Gasteiger partial charge in [-0.2, -0.15) is 0 Å². The molecule has 3 nitrogen and oxygen atoms in total. The molecule has 0 aromatic heterocycles. The molecule has 0 N–H and O–H groups in total. The maximum absolute atomic E-state index is 12.9. The van der Waals surface area contributed by atoms with Crippen LogP contribution in [0.2, 0.25) is 10.0 Å². The van der Waals surface area contributed by atoms with Gasteiger partial charge in [0.2, 0.25) is 11.8 Å². The molecule has 3 aliphatic carbocycles. The highest BCUT2D eigenvalue weighted by Crippen LogP contribution is 2.73. The van der Waals surface area contributed by atoms with Crippen LogP contribution in [0.25, 0.3) is 0 Å². The monoisotopic (exact) mass is 333 g/mol. The largest absolute Gasteiger partial charge is 0.274 e. The van der Waals surface area contributed by atoms with Gasteiger partial charge < -0.3 is 0 Å². The lowest BCUT2D eigenvalue weighted by Gasteiger charge is -2.22. The second-order valence-corrected chi connectivity index (χ2v) is 7.67. The summed E-state index contributed by atoms with van der Waals surface area (Å²) in [6.45, 7) is 0. The average Bonchev–Trinajstić information content (AvgIpc) is 3.08. The van der Waals surface area contributed by atoms with Crippen molar-refractivity contribution < 1.29 is 9.59 Å². The van der Waals surface area contributed by atoms with Crippen molar-refractivity contribution in [3.63, 3.8) is 0 Å². The molecular weight excluding hydrogens is 321 g/mol. The number of fused-ring (bicyclic) bond motifs is 3. The molecule has 1 aliphatic heterocycles. The van der Waals surface area contributed by atoms with Crippen LogP contribution in [0.3, 0.4) is 0 Å². The third-order valence-corrected chi connectivity index (χ3v) is 6.56. The first kappa shape index (κ1) is 13.1. The Morgan fingerprint density at radius 1 is 1.00 bits per heavy atom. The van der Waals surface area contributed by atoms with E-state index in [2.05, 4.69) is 12.2 Å². The van der Waals surface area contributed by atoms with Crippen LogP contribution in [0.5, 0.6) is 0 Å². The molecule has 1 aromatic rings. The van der Waals surface area contributed by atoms with Gasteiger partial charge in [-0.1, -0.05) is 35.4 Å². The van der Waals surface area contributed by atoms with Gasteiger partial charge in [0, 0.05) is 5.02 Å². The van der Waals surface area contributed by atoms with Crippen LogP contribution in [0.1, 0.15) is 12.8 Å². The van der Waals surface area contributed by atoms with Crippen molar-refractivity contribution in [3.8, 4) is 0 Å². The quantitative estimate of drug-likeness (QED) is 0.580. The molecule has 112 valence electrons. The van der Waals surface area contributed by atoms with Crippen molar-refractivity contribution in [2.75, 3.05) is 4.90 Å². The third kappa shape index (κ3) is 1.35. The summed E-state index contributed by atoms with van der Waals surface area (Å²) < 4.78 is 0. The Morgan fingerprint density at radius 2 is 1.59 bits per heavy atom. The molecule has 4 atom stereocenters. The fourth-order valence-corrected chi connectivity index (χ4v) is 5.34. The number of rotatable bonds is 1. The summed E-state index contributed by atoms with van der Waals surface area (Å²) in [6, 6.07) is 4.88. The number of benzene rings is 1. The topological polar surface area (TPSA) is 37.4 Å². The van der Waals surface area contributed by atoms with Gasteiger partial charge in [-0.3, -0.25) is 9.59 Å². The van der Waals surface area contributed by atoms with Crippen LogP contribution in [0.4, 0.5) is 5.69 Å². The number of halogens is 2. The maximum atomic E-state index is 12.9. The molecule has 5 heteroatoms. The number of imide groups is 1. The summed E-state index contributed by atoms with van der Waals surface area (Å²) in [5.74, 6) is -0.187. The number of hydrogen-bond donors (Lipinski definition) is 0. The zero-order valence-electron chi connectivity index (χ0n) is 11.6. The lowest BCUT2D eigenvalue weighted by atomic mass is 9.85. The molecule has 3 fully saturated rings. The molecular formula is C17H13Cl2NO2. The summed E-state index contributed by atoms with van der Waals surface area (Å²) >= 11 is 12.2. The van der Waals surface area contributed by atoms with Crippen LogP contribution >= 0.6 is 23.2 Å². The van der Waals surface area contributed by atoms with Crippen molar-refractivity contribution in [1.29, 1.82) is 0 Å². The van der Waals surface area contributed by atoms with Gasteiger partial charge in [-0.25, -0.2) is 4.90 Å². The van der Waals surface area contributed by atoms with Crippen LogP contribution in [-0.2, 0) is 9.59 Å². The Balaban J connectivity index is 1.61. The van der Waals surface area contributed by atoms with Gasteiger partial charge in [-0.15, -0.1) is 0 Å². The average molecular weight is 334 g/mol.